The van der Waals surface area contributed by atoms with Crippen LogP contribution in [0.1, 0.15) is 25.8 Å². The van der Waals surface area contributed by atoms with Crippen LogP contribution < -0.4 is 15.5 Å². The van der Waals surface area contributed by atoms with Gasteiger partial charge in [-0.25, -0.2) is 9.78 Å². The Bertz CT molecular complexity index is 819. The molecular formula is C19H27N7O2S. The highest BCUT2D eigenvalue weighted by atomic mass is 32.1. The second-order valence-corrected chi connectivity index (χ2v) is 8.48. The first kappa shape index (κ1) is 21.0. The van der Waals surface area contributed by atoms with E-state index in [0.717, 1.165) is 17.2 Å². The Morgan fingerprint density at radius 2 is 1.90 bits per heavy atom. The summed E-state index contributed by atoms with van der Waals surface area (Å²) in [6.07, 6.45) is 2.59. The number of rotatable bonds is 6. The Labute approximate surface area is 174 Å². The van der Waals surface area contributed by atoms with Gasteiger partial charge in [-0.2, -0.15) is 0 Å². The molecule has 3 heterocycles. The van der Waals surface area contributed by atoms with Gasteiger partial charge in [0.15, 0.2) is 0 Å². The van der Waals surface area contributed by atoms with Crippen LogP contribution in [-0.2, 0) is 11.2 Å². The smallest absolute Gasteiger partial charge is 0.318 e. The minimum absolute atomic E-state index is 0.244. The molecule has 0 unspecified atom stereocenters. The lowest BCUT2D eigenvalue weighted by molar-refractivity contribution is -0.117. The van der Waals surface area contributed by atoms with E-state index in [2.05, 4.69) is 44.6 Å². The summed E-state index contributed by atoms with van der Waals surface area (Å²) in [7, 11) is 0. The number of aromatic nitrogens is 3. The standard InChI is InChI=1S/C19H27N7O2S/c1-13(2)12-16-23-24-18(29-16)22-17(27)14(3)21-19(28)26-10-8-25(9-11-26)15-6-4-5-7-20-15/h4-7,13-14H,8-12H2,1-3H3,(H,21,28)(H,22,24,27)/t14-/m1/s1. The fraction of sp³-hybridized carbons (Fsp3) is 0.526. The SMILES string of the molecule is CC(C)Cc1nnc(NC(=O)[C@@H](C)NC(=O)N2CCN(c3ccccn3)CC2)s1. The van der Waals surface area contributed by atoms with Crippen molar-refractivity contribution in [3.63, 3.8) is 0 Å². The molecule has 2 aromatic rings. The summed E-state index contributed by atoms with van der Waals surface area (Å²) in [6, 6.07) is 4.88. The number of nitrogens with one attached hydrogen (secondary N) is 2. The van der Waals surface area contributed by atoms with Gasteiger partial charge in [0, 0.05) is 38.8 Å². The van der Waals surface area contributed by atoms with E-state index in [-0.39, 0.29) is 11.9 Å². The van der Waals surface area contributed by atoms with Crippen molar-refractivity contribution in [2.24, 2.45) is 5.92 Å². The lowest BCUT2D eigenvalue weighted by atomic mass is 10.1. The van der Waals surface area contributed by atoms with Gasteiger partial charge in [0.2, 0.25) is 11.0 Å². The second-order valence-electron chi connectivity index (χ2n) is 7.42. The van der Waals surface area contributed by atoms with E-state index in [4.69, 9.17) is 0 Å². The molecule has 3 amide bonds. The average Bonchev–Trinajstić information content (AvgIpc) is 3.14. The van der Waals surface area contributed by atoms with Crippen molar-refractivity contribution in [1.82, 2.24) is 25.4 Å². The van der Waals surface area contributed by atoms with Crippen LogP contribution in [-0.4, -0.2) is 64.2 Å². The van der Waals surface area contributed by atoms with Gasteiger partial charge in [0.05, 0.1) is 0 Å². The monoisotopic (exact) mass is 417 g/mol. The normalized spacial score (nSPS) is 15.3. The molecule has 29 heavy (non-hydrogen) atoms. The van der Waals surface area contributed by atoms with E-state index in [0.29, 0.717) is 37.2 Å². The number of urea groups is 1. The summed E-state index contributed by atoms with van der Waals surface area (Å²) in [5.74, 6) is 1.08. The van der Waals surface area contributed by atoms with E-state index in [1.54, 1.807) is 18.0 Å². The highest BCUT2D eigenvalue weighted by Gasteiger charge is 2.25. The van der Waals surface area contributed by atoms with Gasteiger partial charge < -0.3 is 15.1 Å². The lowest BCUT2D eigenvalue weighted by Crippen LogP contribution is -2.54. The van der Waals surface area contributed by atoms with Crippen LogP contribution in [0, 0.1) is 5.92 Å². The molecule has 0 radical (unpaired) electrons. The molecule has 10 heteroatoms. The second kappa shape index (κ2) is 9.64. The maximum atomic E-state index is 12.5. The summed E-state index contributed by atoms with van der Waals surface area (Å²) in [4.78, 5) is 33.1. The molecule has 1 saturated heterocycles. The molecule has 0 bridgehead atoms. The summed E-state index contributed by atoms with van der Waals surface area (Å²) in [5, 5.41) is 14.9. The Morgan fingerprint density at radius 1 is 1.14 bits per heavy atom. The average molecular weight is 418 g/mol. The molecule has 0 aliphatic carbocycles. The first-order valence-corrected chi connectivity index (χ1v) is 10.6. The van der Waals surface area contributed by atoms with E-state index >= 15 is 0 Å². The Kier molecular flexibility index (Phi) is 6.97. The number of piperazine rings is 1. The Hall–Kier alpha value is -2.75. The molecule has 156 valence electrons. The number of amides is 3. The van der Waals surface area contributed by atoms with Crippen molar-refractivity contribution in [2.75, 3.05) is 36.4 Å². The molecule has 1 fully saturated rings. The minimum Gasteiger partial charge on any atom is -0.353 e. The fourth-order valence-electron chi connectivity index (χ4n) is 2.97. The molecule has 9 nitrogen and oxygen atoms in total. The maximum absolute atomic E-state index is 12.5. The number of hydrogen-bond donors (Lipinski definition) is 2. The molecule has 0 aromatic carbocycles. The van der Waals surface area contributed by atoms with Crippen LogP contribution in [0.2, 0.25) is 0 Å². The summed E-state index contributed by atoms with van der Waals surface area (Å²) in [6.45, 7) is 8.43. The number of hydrogen-bond acceptors (Lipinski definition) is 7. The molecule has 1 aliphatic rings. The predicted molar refractivity (Wildman–Crippen MR) is 113 cm³/mol. The van der Waals surface area contributed by atoms with Gasteiger partial charge in [-0.05, 0) is 25.0 Å². The number of carbonyl (C=O) groups excluding carboxylic acids is 2. The maximum Gasteiger partial charge on any atom is 0.318 e. The molecule has 1 atom stereocenters. The Balaban J connectivity index is 1.45. The van der Waals surface area contributed by atoms with Crippen molar-refractivity contribution in [1.29, 1.82) is 0 Å². The quantitative estimate of drug-likeness (QED) is 0.745. The van der Waals surface area contributed by atoms with Crippen LogP contribution in [0.15, 0.2) is 24.4 Å². The van der Waals surface area contributed by atoms with Crippen LogP contribution in [0.5, 0.6) is 0 Å². The number of anilines is 2. The molecular weight excluding hydrogens is 390 g/mol. The van der Waals surface area contributed by atoms with E-state index in [1.807, 2.05) is 18.2 Å². The van der Waals surface area contributed by atoms with Crippen LogP contribution in [0.4, 0.5) is 15.7 Å². The van der Waals surface area contributed by atoms with Gasteiger partial charge in [0.1, 0.15) is 16.9 Å². The lowest BCUT2D eigenvalue weighted by Gasteiger charge is -2.35. The number of pyridine rings is 1. The third kappa shape index (κ3) is 5.86. The van der Waals surface area contributed by atoms with Crippen molar-refractivity contribution in [2.45, 2.75) is 33.2 Å². The fourth-order valence-corrected chi connectivity index (χ4v) is 3.93. The molecule has 2 N–H and O–H groups in total. The van der Waals surface area contributed by atoms with Crippen molar-refractivity contribution in [3.8, 4) is 0 Å². The van der Waals surface area contributed by atoms with Gasteiger partial charge in [-0.3, -0.25) is 10.1 Å². The third-order valence-corrected chi connectivity index (χ3v) is 5.41. The molecule has 0 spiro atoms. The van der Waals surface area contributed by atoms with Crippen LogP contribution in [0.25, 0.3) is 0 Å². The van der Waals surface area contributed by atoms with Crippen molar-refractivity contribution < 1.29 is 9.59 Å². The number of nitrogens with zero attached hydrogens (tertiary/aromatic N) is 5. The molecule has 0 saturated carbocycles. The van der Waals surface area contributed by atoms with E-state index < -0.39 is 6.04 Å². The van der Waals surface area contributed by atoms with Crippen molar-refractivity contribution in [3.05, 3.63) is 29.4 Å². The minimum atomic E-state index is -0.672. The number of carbonyl (C=O) groups is 2. The predicted octanol–water partition coefficient (Wildman–Crippen LogP) is 1.99. The highest BCUT2D eigenvalue weighted by molar-refractivity contribution is 7.15. The van der Waals surface area contributed by atoms with Gasteiger partial charge in [0.25, 0.3) is 0 Å². The zero-order chi connectivity index (χ0) is 20.8. The first-order valence-electron chi connectivity index (χ1n) is 9.77. The first-order chi connectivity index (χ1) is 13.9. The molecule has 1 aliphatic heterocycles. The topological polar surface area (TPSA) is 103 Å². The van der Waals surface area contributed by atoms with Gasteiger partial charge in [-0.15, -0.1) is 10.2 Å². The van der Waals surface area contributed by atoms with Crippen LogP contribution in [0.3, 0.4) is 0 Å². The Morgan fingerprint density at radius 3 is 2.55 bits per heavy atom. The summed E-state index contributed by atoms with van der Waals surface area (Å²) in [5.41, 5.74) is 0. The van der Waals surface area contributed by atoms with E-state index in [1.165, 1.54) is 11.3 Å². The highest BCUT2D eigenvalue weighted by Crippen LogP contribution is 2.18. The van der Waals surface area contributed by atoms with E-state index in [9.17, 15) is 9.59 Å². The molecule has 3 rings (SSSR count). The van der Waals surface area contributed by atoms with Crippen molar-refractivity contribution >= 4 is 34.2 Å². The summed E-state index contributed by atoms with van der Waals surface area (Å²) >= 11 is 1.36. The van der Waals surface area contributed by atoms with Gasteiger partial charge in [-0.1, -0.05) is 31.3 Å². The zero-order valence-corrected chi connectivity index (χ0v) is 17.8. The summed E-state index contributed by atoms with van der Waals surface area (Å²) < 4.78 is 0. The van der Waals surface area contributed by atoms with Gasteiger partial charge >= 0.3 is 6.03 Å². The largest absolute Gasteiger partial charge is 0.353 e. The zero-order valence-electron chi connectivity index (χ0n) is 17.0. The molecule has 2 aromatic heterocycles. The van der Waals surface area contributed by atoms with Crippen LogP contribution >= 0.6 is 11.3 Å². The third-order valence-electron chi connectivity index (χ3n) is 4.55.